The first-order valence-corrected chi connectivity index (χ1v) is 5.04. The Labute approximate surface area is 97.9 Å². The summed E-state index contributed by atoms with van der Waals surface area (Å²) in [5, 5.41) is 2.27. The molecule has 6 heteroatoms. The quantitative estimate of drug-likeness (QED) is 0.803. The van der Waals surface area contributed by atoms with Gasteiger partial charge in [-0.05, 0) is 17.5 Å². The molecule has 0 aromatic heterocycles. The number of nitrogens with one attached hydrogen (secondary N) is 2. The molecule has 94 valence electrons. The van der Waals surface area contributed by atoms with Gasteiger partial charge in [-0.3, -0.25) is 4.84 Å². The second kappa shape index (κ2) is 5.58. The highest BCUT2D eigenvalue weighted by atomic mass is 19.1. The summed E-state index contributed by atoms with van der Waals surface area (Å²) in [7, 11) is 1.25. The third-order valence-electron chi connectivity index (χ3n) is 2.14. The van der Waals surface area contributed by atoms with Crippen molar-refractivity contribution in [2.75, 3.05) is 12.4 Å². The number of rotatable bonds is 3. The van der Waals surface area contributed by atoms with Crippen LogP contribution in [0.3, 0.4) is 0 Å². The minimum atomic E-state index is -0.819. The molecule has 0 aliphatic heterocycles. The van der Waals surface area contributed by atoms with Gasteiger partial charge in [0.2, 0.25) is 0 Å². The van der Waals surface area contributed by atoms with Crippen LogP contribution < -0.4 is 10.8 Å². The molecule has 1 aromatic rings. The number of hydrogen-bond donors (Lipinski definition) is 2. The highest BCUT2D eigenvalue weighted by Crippen LogP contribution is 2.28. The zero-order valence-electron chi connectivity index (χ0n) is 9.80. The predicted molar refractivity (Wildman–Crippen MR) is 59.6 cm³/mol. The lowest BCUT2D eigenvalue weighted by Crippen LogP contribution is -2.28. The van der Waals surface area contributed by atoms with Crippen LogP contribution in [0.5, 0.6) is 0 Å². The Morgan fingerprint density at radius 1 is 1.35 bits per heavy atom. The van der Waals surface area contributed by atoms with Crippen molar-refractivity contribution in [3.05, 3.63) is 29.3 Å². The van der Waals surface area contributed by atoms with Crippen LogP contribution in [0.15, 0.2) is 12.1 Å². The van der Waals surface area contributed by atoms with Crippen LogP contribution in [0, 0.1) is 11.6 Å². The number of benzene rings is 1. The Balaban J connectivity index is 3.08. The van der Waals surface area contributed by atoms with E-state index < -0.39 is 17.7 Å². The molecule has 1 rings (SSSR count). The zero-order valence-corrected chi connectivity index (χ0v) is 9.80. The van der Waals surface area contributed by atoms with Gasteiger partial charge >= 0.3 is 6.03 Å². The maximum atomic E-state index is 13.5. The Morgan fingerprint density at radius 3 is 2.53 bits per heavy atom. The maximum Gasteiger partial charge on any atom is 0.343 e. The minimum absolute atomic E-state index is 0.0454. The van der Waals surface area contributed by atoms with Crippen molar-refractivity contribution in [2.24, 2.45) is 0 Å². The molecule has 0 aliphatic carbocycles. The number of amides is 2. The fraction of sp³-hybridized carbons (Fsp3) is 0.364. The lowest BCUT2D eigenvalue weighted by Gasteiger charge is -2.14. The van der Waals surface area contributed by atoms with Crippen molar-refractivity contribution in [1.29, 1.82) is 0 Å². The van der Waals surface area contributed by atoms with Crippen molar-refractivity contribution in [3.8, 4) is 0 Å². The summed E-state index contributed by atoms with van der Waals surface area (Å²) in [6, 6.07) is 1.18. The molecule has 0 saturated heterocycles. The Morgan fingerprint density at radius 2 is 2.00 bits per heavy atom. The third kappa shape index (κ3) is 3.39. The summed E-state index contributed by atoms with van der Waals surface area (Å²) in [5.41, 5.74) is 2.33. The van der Waals surface area contributed by atoms with Gasteiger partial charge in [-0.2, -0.15) is 0 Å². The zero-order chi connectivity index (χ0) is 13.0. The van der Waals surface area contributed by atoms with E-state index in [0.717, 1.165) is 0 Å². The molecular formula is C11H14F2N2O2. The first-order chi connectivity index (χ1) is 7.95. The van der Waals surface area contributed by atoms with Crippen LogP contribution in [0.25, 0.3) is 0 Å². The standard InChI is InChI=1S/C11H14F2N2O2/c1-6(2)8-4-7(12)5-9(13)10(8)14-11(16)15-17-3/h4-6H,1-3H3,(H2,14,15,16). The number of carbonyl (C=O) groups is 1. The van der Waals surface area contributed by atoms with E-state index in [9.17, 15) is 13.6 Å². The molecule has 0 bridgehead atoms. The number of urea groups is 1. The van der Waals surface area contributed by atoms with Gasteiger partial charge in [0, 0.05) is 6.07 Å². The van der Waals surface area contributed by atoms with Gasteiger partial charge in [-0.25, -0.2) is 19.1 Å². The molecular weight excluding hydrogens is 230 g/mol. The number of hydrogen-bond acceptors (Lipinski definition) is 2. The monoisotopic (exact) mass is 244 g/mol. The van der Waals surface area contributed by atoms with Gasteiger partial charge in [-0.1, -0.05) is 13.8 Å². The molecule has 2 N–H and O–H groups in total. The Bertz CT molecular complexity index is 422. The van der Waals surface area contributed by atoms with Crippen LogP contribution in [0.1, 0.15) is 25.3 Å². The molecule has 0 heterocycles. The largest absolute Gasteiger partial charge is 0.343 e. The smallest absolute Gasteiger partial charge is 0.303 e. The van der Waals surface area contributed by atoms with Crippen molar-refractivity contribution in [3.63, 3.8) is 0 Å². The van der Waals surface area contributed by atoms with Gasteiger partial charge < -0.3 is 5.32 Å². The molecule has 0 aliphatic rings. The first-order valence-electron chi connectivity index (χ1n) is 5.04. The number of halogens is 2. The average molecular weight is 244 g/mol. The maximum absolute atomic E-state index is 13.5. The van der Waals surface area contributed by atoms with Crippen molar-refractivity contribution in [2.45, 2.75) is 19.8 Å². The lowest BCUT2D eigenvalue weighted by molar-refractivity contribution is 0.114. The topological polar surface area (TPSA) is 50.4 Å². The van der Waals surface area contributed by atoms with Crippen molar-refractivity contribution >= 4 is 11.7 Å². The van der Waals surface area contributed by atoms with Gasteiger partial charge in [0.1, 0.15) is 11.6 Å². The van der Waals surface area contributed by atoms with Gasteiger partial charge in [-0.15, -0.1) is 0 Å². The van der Waals surface area contributed by atoms with Crippen LogP contribution >= 0.6 is 0 Å². The van der Waals surface area contributed by atoms with E-state index in [0.29, 0.717) is 11.6 Å². The van der Waals surface area contributed by atoms with Crippen LogP contribution in [0.4, 0.5) is 19.3 Å². The molecule has 2 amide bonds. The highest BCUT2D eigenvalue weighted by molar-refractivity contribution is 5.89. The third-order valence-corrected chi connectivity index (χ3v) is 2.14. The van der Waals surface area contributed by atoms with Crippen LogP contribution in [0.2, 0.25) is 0 Å². The van der Waals surface area contributed by atoms with E-state index in [1.807, 2.05) is 5.48 Å². The normalized spacial score (nSPS) is 10.5. The number of hydroxylamine groups is 1. The van der Waals surface area contributed by atoms with E-state index in [2.05, 4.69) is 10.2 Å². The molecule has 4 nitrogen and oxygen atoms in total. The van der Waals surface area contributed by atoms with Gasteiger partial charge in [0.05, 0.1) is 12.8 Å². The van der Waals surface area contributed by atoms with E-state index in [-0.39, 0.29) is 11.6 Å². The lowest BCUT2D eigenvalue weighted by atomic mass is 10.0. The molecule has 17 heavy (non-hydrogen) atoms. The van der Waals surface area contributed by atoms with Crippen LogP contribution in [-0.2, 0) is 4.84 Å². The van der Waals surface area contributed by atoms with E-state index >= 15 is 0 Å². The minimum Gasteiger partial charge on any atom is -0.303 e. The summed E-state index contributed by atoms with van der Waals surface area (Å²) in [5.74, 6) is -1.62. The number of anilines is 1. The fourth-order valence-electron chi connectivity index (χ4n) is 1.41. The summed E-state index contributed by atoms with van der Waals surface area (Å²) in [4.78, 5) is 15.6. The molecule has 0 fully saturated rings. The fourth-order valence-corrected chi connectivity index (χ4v) is 1.41. The molecule has 0 unspecified atom stereocenters. The first kappa shape index (κ1) is 13.4. The molecule has 0 spiro atoms. The SMILES string of the molecule is CONC(=O)Nc1c(F)cc(F)cc1C(C)C. The second-order valence-electron chi connectivity index (χ2n) is 3.77. The molecule has 1 aromatic carbocycles. The Kier molecular flexibility index (Phi) is 4.39. The summed E-state index contributed by atoms with van der Waals surface area (Å²) < 4.78 is 26.6. The summed E-state index contributed by atoms with van der Waals surface area (Å²) in [6.45, 7) is 3.54. The molecule has 0 saturated carbocycles. The van der Waals surface area contributed by atoms with Crippen molar-refractivity contribution in [1.82, 2.24) is 5.48 Å². The summed E-state index contributed by atoms with van der Waals surface area (Å²) >= 11 is 0. The van der Waals surface area contributed by atoms with Crippen molar-refractivity contribution < 1.29 is 18.4 Å². The Hall–Kier alpha value is -1.69. The molecule has 0 radical (unpaired) electrons. The average Bonchev–Trinajstić information content (AvgIpc) is 2.21. The van der Waals surface area contributed by atoms with E-state index in [1.54, 1.807) is 13.8 Å². The van der Waals surface area contributed by atoms with E-state index in [1.165, 1.54) is 13.2 Å². The van der Waals surface area contributed by atoms with Crippen LogP contribution in [-0.4, -0.2) is 13.1 Å². The van der Waals surface area contributed by atoms with E-state index in [4.69, 9.17) is 0 Å². The van der Waals surface area contributed by atoms with Gasteiger partial charge in [0.25, 0.3) is 0 Å². The predicted octanol–water partition coefficient (Wildman–Crippen LogP) is 2.77. The number of carbonyl (C=O) groups excluding carboxylic acids is 1. The molecule has 0 atom stereocenters. The highest BCUT2D eigenvalue weighted by Gasteiger charge is 2.16. The van der Waals surface area contributed by atoms with Gasteiger partial charge in [0.15, 0.2) is 0 Å². The second-order valence-corrected chi connectivity index (χ2v) is 3.77. The summed E-state index contributed by atoms with van der Waals surface area (Å²) in [6.07, 6.45) is 0.